The molecule has 1 aliphatic rings. The van der Waals surface area contributed by atoms with E-state index in [4.69, 9.17) is 15.0 Å². The van der Waals surface area contributed by atoms with Crippen molar-refractivity contribution in [2.24, 2.45) is 4.99 Å². The lowest BCUT2D eigenvalue weighted by Gasteiger charge is -2.09. The summed E-state index contributed by atoms with van der Waals surface area (Å²) in [5.74, 6) is -0.149. The van der Waals surface area contributed by atoms with Crippen LogP contribution in [0.15, 0.2) is 81.5 Å². The van der Waals surface area contributed by atoms with Crippen LogP contribution in [0.5, 0.6) is 0 Å². The van der Waals surface area contributed by atoms with Crippen molar-refractivity contribution in [1.29, 1.82) is 5.26 Å². The van der Waals surface area contributed by atoms with Crippen molar-refractivity contribution in [3.63, 3.8) is 0 Å². The molecular weight excluding hydrogens is 454 g/mol. The first-order chi connectivity index (χ1) is 17.2. The lowest BCUT2D eigenvalue weighted by atomic mass is 10.0. The van der Waals surface area contributed by atoms with Crippen LogP contribution in [0.25, 0.3) is 0 Å². The largest absolute Gasteiger partial charge is 0.380 e. The van der Waals surface area contributed by atoms with E-state index in [0.29, 0.717) is 30.9 Å². The fourth-order valence-corrected chi connectivity index (χ4v) is 4.29. The van der Waals surface area contributed by atoms with Crippen molar-refractivity contribution in [2.75, 3.05) is 19.8 Å². The second-order valence-electron chi connectivity index (χ2n) is 6.88. The SMILES string of the molecule is CC.CC.CCOCCNC(=O)c1ccc2c(c1)N=C(c1ccc(C#N)cc1)c1ccccc1S2. The minimum atomic E-state index is -0.149. The summed E-state index contributed by atoms with van der Waals surface area (Å²) in [6.45, 7) is 11.5. The summed E-state index contributed by atoms with van der Waals surface area (Å²) in [6, 6.07) is 23.3. The number of amides is 1. The van der Waals surface area contributed by atoms with Crippen LogP contribution in [-0.4, -0.2) is 31.4 Å². The summed E-state index contributed by atoms with van der Waals surface area (Å²) in [5, 5.41) is 12.0. The zero-order valence-electron chi connectivity index (χ0n) is 21.1. The molecule has 1 N–H and O–H groups in total. The number of benzene rings is 3. The molecule has 0 aliphatic carbocycles. The maximum absolute atomic E-state index is 12.6. The van der Waals surface area contributed by atoms with Gasteiger partial charge >= 0.3 is 0 Å². The number of carbonyl (C=O) groups excluding carboxylic acids is 1. The van der Waals surface area contributed by atoms with Crippen molar-refractivity contribution in [3.05, 3.63) is 89.0 Å². The van der Waals surface area contributed by atoms with Gasteiger partial charge in [0, 0.05) is 39.6 Å². The van der Waals surface area contributed by atoms with Crippen LogP contribution in [0.3, 0.4) is 0 Å². The van der Waals surface area contributed by atoms with Crippen LogP contribution >= 0.6 is 11.8 Å². The quantitative estimate of drug-likeness (QED) is 0.297. The Morgan fingerprint density at radius 3 is 2.40 bits per heavy atom. The average molecular weight is 488 g/mol. The Hall–Kier alpha value is -3.40. The fourth-order valence-electron chi connectivity index (χ4n) is 3.29. The molecule has 1 amide bonds. The molecule has 0 unspecified atom stereocenters. The summed E-state index contributed by atoms with van der Waals surface area (Å²) in [6.07, 6.45) is 0. The molecule has 182 valence electrons. The van der Waals surface area contributed by atoms with E-state index < -0.39 is 0 Å². The average Bonchev–Trinajstić information content (AvgIpc) is 3.09. The van der Waals surface area contributed by atoms with Gasteiger partial charge in [-0.15, -0.1) is 0 Å². The molecule has 5 nitrogen and oxygen atoms in total. The zero-order chi connectivity index (χ0) is 25.6. The summed E-state index contributed by atoms with van der Waals surface area (Å²) in [4.78, 5) is 19.6. The third-order valence-electron chi connectivity index (χ3n) is 4.84. The predicted octanol–water partition coefficient (Wildman–Crippen LogP) is 7.01. The maximum Gasteiger partial charge on any atom is 0.251 e. The molecule has 3 aromatic carbocycles. The first-order valence-corrected chi connectivity index (χ1v) is 12.9. The van der Waals surface area contributed by atoms with E-state index >= 15 is 0 Å². The predicted molar refractivity (Wildman–Crippen MR) is 145 cm³/mol. The molecule has 6 heteroatoms. The van der Waals surface area contributed by atoms with Gasteiger partial charge < -0.3 is 10.1 Å². The van der Waals surface area contributed by atoms with E-state index in [-0.39, 0.29) is 5.91 Å². The number of hydrogen-bond acceptors (Lipinski definition) is 5. The molecule has 0 fully saturated rings. The van der Waals surface area contributed by atoms with E-state index in [1.54, 1.807) is 23.9 Å². The van der Waals surface area contributed by atoms with E-state index in [1.807, 2.05) is 83.1 Å². The van der Waals surface area contributed by atoms with E-state index in [2.05, 4.69) is 17.5 Å². The van der Waals surface area contributed by atoms with Crippen molar-refractivity contribution in [2.45, 2.75) is 44.4 Å². The molecule has 0 saturated heterocycles. The zero-order valence-corrected chi connectivity index (χ0v) is 21.9. The molecule has 1 heterocycles. The van der Waals surface area contributed by atoms with Gasteiger partial charge in [-0.2, -0.15) is 5.26 Å². The number of carbonyl (C=O) groups is 1. The molecule has 0 aromatic heterocycles. The van der Waals surface area contributed by atoms with Gasteiger partial charge in [0.05, 0.1) is 29.6 Å². The van der Waals surface area contributed by atoms with Gasteiger partial charge in [-0.3, -0.25) is 4.79 Å². The second kappa shape index (κ2) is 14.8. The molecule has 0 saturated carbocycles. The normalized spacial score (nSPS) is 11.0. The Morgan fingerprint density at radius 1 is 1.00 bits per heavy atom. The van der Waals surface area contributed by atoms with Crippen LogP contribution in [0.4, 0.5) is 5.69 Å². The Morgan fingerprint density at radius 2 is 1.71 bits per heavy atom. The van der Waals surface area contributed by atoms with Gasteiger partial charge in [-0.05, 0) is 43.3 Å². The Labute approximate surface area is 213 Å². The van der Waals surface area contributed by atoms with Gasteiger partial charge in [0.1, 0.15) is 0 Å². The number of fused-ring (bicyclic) bond motifs is 2. The van der Waals surface area contributed by atoms with Gasteiger partial charge in [-0.25, -0.2) is 4.99 Å². The standard InChI is InChI=1S/C25H21N3O2S.2C2H6/c1-2-30-14-13-27-25(29)19-11-12-23-21(15-19)28-24(18-9-7-17(16-26)8-10-18)20-5-3-4-6-22(20)31-23;2*1-2/h3-12,15H,2,13-14H2,1H3,(H,27,29);2*1-2H3. The molecule has 0 spiro atoms. The minimum absolute atomic E-state index is 0.149. The Balaban J connectivity index is 0.00000103. The molecule has 1 aliphatic heterocycles. The van der Waals surface area contributed by atoms with E-state index in [1.165, 1.54) is 0 Å². The van der Waals surface area contributed by atoms with Crippen molar-refractivity contribution < 1.29 is 9.53 Å². The summed E-state index contributed by atoms with van der Waals surface area (Å²) in [5.41, 5.74) is 4.68. The Bertz CT molecular complexity index is 1180. The highest BCUT2D eigenvalue weighted by molar-refractivity contribution is 7.99. The lowest BCUT2D eigenvalue weighted by Crippen LogP contribution is -2.27. The van der Waals surface area contributed by atoms with E-state index in [9.17, 15) is 4.79 Å². The first kappa shape index (κ1) is 27.8. The highest BCUT2D eigenvalue weighted by atomic mass is 32.2. The summed E-state index contributed by atoms with van der Waals surface area (Å²) in [7, 11) is 0. The minimum Gasteiger partial charge on any atom is -0.380 e. The van der Waals surface area contributed by atoms with Gasteiger partial charge in [0.25, 0.3) is 5.91 Å². The molecule has 0 atom stereocenters. The smallest absolute Gasteiger partial charge is 0.251 e. The number of rotatable bonds is 6. The number of ether oxygens (including phenoxy) is 1. The highest BCUT2D eigenvalue weighted by Crippen LogP contribution is 2.41. The number of nitriles is 1. The summed E-state index contributed by atoms with van der Waals surface area (Å²) < 4.78 is 5.28. The number of nitrogens with zero attached hydrogens (tertiary/aromatic N) is 2. The monoisotopic (exact) mass is 487 g/mol. The number of hydrogen-bond donors (Lipinski definition) is 1. The van der Waals surface area contributed by atoms with Crippen LogP contribution < -0.4 is 5.32 Å². The highest BCUT2D eigenvalue weighted by Gasteiger charge is 2.20. The Kier molecular flexibility index (Phi) is 11.8. The van der Waals surface area contributed by atoms with Crippen LogP contribution in [0, 0.1) is 11.3 Å². The van der Waals surface area contributed by atoms with Gasteiger partial charge in [0.2, 0.25) is 0 Å². The van der Waals surface area contributed by atoms with Crippen LogP contribution in [0.1, 0.15) is 61.7 Å². The molecule has 0 radical (unpaired) electrons. The molecular formula is C29H33N3O2S. The molecule has 3 aromatic rings. The fraction of sp³-hybridized carbons (Fsp3) is 0.276. The van der Waals surface area contributed by atoms with Gasteiger partial charge in [-0.1, -0.05) is 69.8 Å². The molecule has 35 heavy (non-hydrogen) atoms. The van der Waals surface area contributed by atoms with Crippen molar-refractivity contribution >= 4 is 29.1 Å². The number of aliphatic imine (C=N–C) groups is 1. The third kappa shape index (κ3) is 7.29. The maximum atomic E-state index is 12.6. The molecule has 0 bridgehead atoms. The molecule has 4 rings (SSSR count). The summed E-state index contributed by atoms with van der Waals surface area (Å²) >= 11 is 1.64. The second-order valence-corrected chi connectivity index (χ2v) is 7.97. The van der Waals surface area contributed by atoms with E-state index in [0.717, 1.165) is 32.3 Å². The lowest BCUT2D eigenvalue weighted by molar-refractivity contribution is 0.0922. The third-order valence-corrected chi connectivity index (χ3v) is 5.98. The van der Waals surface area contributed by atoms with Crippen molar-refractivity contribution in [1.82, 2.24) is 5.32 Å². The van der Waals surface area contributed by atoms with Crippen molar-refractivity contribution in [3.8, 4) is 6.07 Å². The first-order valence-electron chi connectivity index (χ1n) is 12.1. The van der Waals surface area contributed by atoms with Crippen LogP contribution in [0.2, 0.25) is 0 Å². The number of nitrogens with one attached hydrogen (secondary N) is 1. The van der Waals surface area contributed by atoms with Gasteiger partial charge in [0.15, 0.2) is 0 Å². The van der Waals surface area contributed by atoms with Crippen LogP contribution in [-0.2, 0) is 4.74 Å². The topological polar surface area (TPSA) is 74.5 Å².